The van der Waals surface area contributed by atoms with E-state index in [4.69, 9.17) is 0 Å². The zero-order valence-electron chi connectivity index (χ0n) is 14.8. The van der Waals surface area contributed by atoms with Crippen LogP contribution in [0.4, 0.5) is 65.9 Å². The third kappa shape index (κ3) is 4.39. The fourth-order valence-corrected chi connectivity index (χ4v) is 9.25. The Morgan fingerprint density at radius 2 is 0.515 bits per heavy atom. The first-order chi connectivity index (χ1) is 13.2. The Morgan fingerprint density at radius 1 is 0.394 bits per heavy atom. The first-order valence-corrected chi connectivity index (χ1v) is 10.8. The van der Waals surface area contributed by atoms with Gasteiger partial charge in [0.25, 0.3) is 0 Å². The van der Waals surface area contributed by atoms with Crippen LogP contribution >= 0.6 is 0 Å². The summed E-state index contributed by atoms with van der Waals surface area (Å²) in [5, 5.41) is -24.2. The van der Waals surface area contributed by atoms with Crippen LogP contribution in [-0.2, 0) is 29.5 Å². The molecule has 26 heteroatoms. The van der Waals surface area contributed by atoms with Gasteiger partial charge >= 0.3 is 175 Å². The standard InChI is InChI=1S/C7F15O6S3.2Li/c8-2(9,10)5(17,18)29(23,24)1(30(25,26)6(19,20)3(11,12)13)31(27,28)7(21,22)4(14,15)16;;. The van der Waals surface area contributed by atoms with E-state index in [1.807, 2.05) is 0 Å². The van der Waals surface area contributed by atoms with Crippen LogP contribution in [0.15, 0.2) is 0 Å². The van der Waals surface area contributed by atoms with Crippen molar-refractivity contribution in [1.29, 1.82) is 0 Å². The fraction of sp³-hybridized carbons (Fsp3) is 1.00. The quantitative estimate of drug-likeness (QED) is 0.356. The number of alkyl halides is 15. The molecule has 189 valence electrons. The summed E-state index contributed by atoms with van der Waals surface area (Å²) in [6.45, 7) is 0. The summed E-state index contributed by atoms with van der Waals surface area (Å²) in [6.07, 6.45) is -23.5. The third-order valence-electron chi connectivity index (χ3n) is 3.47. The Hall–Kier alpha value is -0.00519. The summed E-state index contributed by atoms with van der Waals surface area (Å²) < 4.78 is 253. The molecule has 0 amide bonds. The Bertz CT molecular complexity index is 931. The fourth-order valence-electron chi connectivity index (χ4n) is 1.59. The molecule has 0 rings (SSSR count). The zero-order valence-corrected chi connectivity index (χ0v) is 17.3. The van der Waals surface area contributed by atoms with Crippen molar-refractivity contribution < 1.29 is 91.1 Å². The van der Waals surface area contributed by atoms with Crippen molar-refractivity contribution in [3.05, 3.63) is 0 Å². The molecule has 0 aromatic rings. The summed E-state index contributed by atoms with van der Waals surface area (Å²) in [6, 6.07) is 0. The van der Waals surface area contributed by atoms with Gasteiger partial charge in [-0.05, 0) is 0 Å². The van der Waals surface area contributed by atoms with Gasteiger partial charge < -0.3 is 0 Å². The molecule has 0 unspecified atom stereocenters. The molecular formula is C7F15Li2O6S3. The molecule has 0 aliphatic heterocycles. The first-order valence-electron chi connectivity index (χ1n) is 6.31. The molecule has 0 atom stereocenters. The van der Waals surface area contributed by atoms with Gasteiger partial charge in [-0.25, -0.2) is 0 Å². The number of sulfone groups is 3. The molecule has 0 bridgehead atoms. The summed E-state index contributed by atoms with van der Waals surface area (Å²) in [7, 11) is -27.8. The molecule has 0 aliphatic carbocycles. The van der Waals surface area contributed by atoms with E-state index in [0.29, 0.717) is 0 Å². The van der Waals surface area contributed by atoms with Gasteiger partial charge in [0, 0.05) is 18.9 Å². The number of halogens is 15. The van der Waals surface area contributed by atoms with Crippen molar-refractivity contribution in [2.45, 2.75) is 36.4 Å². The van der Waals surface area contributed by atoms with E-state index < -0.39 is 83.6 Å². The molecule has 0 fully saturated rings. The van der Waals surface area contributed by atoms with E-state index in [9.17, 15) is 91.1 Å². The summed E-state index contributed by atoms with van der Waals surface area (Å²) in [5.41, 5.74) is 0. The Kier molecular flexibility index (Phi) is 9.10. The molecule has 0 heterocycles. The van der Waals surface area contributed by atoms with Gasteiger partial charge in [0.2, 0.25) is 0 Å². The van der Waals surface area contributed by atoms with E-state index in [1.54, 1.807) is 0 Å². The number of hydrogen-bond donors (Lipinski definition) is 0. The van der Waals surface area contributed by atoms with E-state index in [1.165, 1.54) is 0 Å². The van der Waals surface area contributed by atoms with Crippen molar-refractivity contribution in [2.24, 2.45) is 0 Å². The van der Waals surface area contributed by atoms with Gasteiger partial charge in [-0.15, -0.1) is 0 Å². The average molecular weight is 575 g/mol. The van der Waals surface area contributed by atoms with Gasteiger partial charge in [-0.2, -0.15) is 0 Å². The van der Waals surface area contributed by atoms with Crippen molar-refractivity contribution in [1.82, 2.24) is 0 Å². The molecule has 1 radical (unpaired) electrons. The van der Waals surface area contributed by atoms with Gasteiger partial charge in [0.1, 0.15) is 0 Å². The third-order valence-corrected chi connectivity index (χ3v) is 13.1. The molecule has 0 aliphatic rings. The van der Waals surface area contributed by atoms with E-state index in [-0.39, 0.29) is 18.9 Å². The maximum atomic E-state index is 13.3. The SMILES string of the molecule is [Li].[Li][C](S(=O)(=O)C(F)(F)C(F)(F)F)(S(=O)(=O)C(F)(F)C(F)(F)F)S(=O)(=O)C(F)(F)C(F)(F)F. The van der Waals surface area contributed by atoms with Gasteiger partial charge in [-0.1, -0.05) is 0 Å². The van der Waals surface area contributed by atoms with Crippen molar-refractivity contribution in [3.8, 4) is 0 Å². The molecule has 6 nitrogen and oxygen atoms in total. The Balaban J connectivity index is 0. The molecule has 0 saturated carbocycles. The molecular weight excluding hydrogens is 575 g/mol. The molecule has 33 heavy (non-hydrogen) atoms. The Labute approximate surface area is 193 Å². The predicted octanol–water partition coefficient (Wildman–Crippen LogP) is 2.10. The van der Waals surface area contributed by atoms with Gasteiger partial charge in [0.15, 0.2) is 0 Å². The molecule has 0 aromatic carbocycles. The van der Waals surface area contributed by atoms with Gasteiger partial charge in [0.05, 0.1) is 0 Å². The van der Waals surface area contributed by atoms with Crippen LogP contribution in [-0.4, -0.2) is 98.2 Å². The van der Waals surface area contributed by atoms with Crippen LogP contribution in [0.25, 0.3) is 0 Å². The second-order valence-electron chi connectivity index (χ2n) is 5.42. The average Bonchev–Trinajstić information content (AvgIpc) is 2.49. The van der Waals surface area contributed by atoms with Crippen LogP contribution in [0.5, 0.6) is 0 Å². The molecule has 0 aromatic heterocycles. The predicted molar refractivity (Wildman–Crippen MR) is 74.0 cm³/mol. The summed E-state index contributed by atoms with van der Waals surface area (Å²) >= 11 is -2.04. The zero-order chi connectivity index (χ0) is 27.0. The van der Waals surface area contributed by atoms with Crippen LogP contribution in [0, 0.1) is 0 Å². The second kappa shape index (κ2) is 8.54. The Morgan fingerprint density at radius 3 is 0.606 bits per heavy atom. The van der Waals surface area contributed by atoms with Crippen molar-refractivity contribution >= 4 is 66.1 Å². The van der Waals surface area contributed by atoms with Crippen LogP contribution in [0.3, 0.4) is 0 Å². The van der Waals surface area contributed by atoms with Crippen molar-refractivity contribution in [3.63, 3.8) is 0 Å². The van der Waals surface area contributed by atoms with Gasteiger partial charge in [-0.3, -0.25) is 0 Å². The topological polar surface area (TPSA) is 102 Å². The minimum absolute atomic E-state index is 0. The number of hydrogen-bond acceptors (Lipinski definition) is 6. The monoisotopic (exact) mass is 575 g/mol. The second-order valence-corrected chi connectivity index (χ2v) is 13.2. The minimum atomic E-state index is -9.25. The van der Waals surface area contributed by atoms with Crippen LogP contribution < -0.4 is 0 Å². The maximum absolute atomic E-state index is 13.3. The van der Waals surface area contributed by atoms with Crippen molar-refractivity contribution in [2.75, 3.05) is 0 Å². The number of rotatable bonds is 6. The summed E-state index contributed by atoms with van der Waals surface area (Å²) in [5.74, 6) is 0. The normalized spacial score (nSPS) is 16.4. The first kappa shape index (κ1) is 35.2. The molecule has 0 N–H and O–H groups in total. The summed E-state index contributed by atoms with van der Waals surface area (Å²) in [4.78, 5) is 0. The molecule has 0 spiro atoms. The van der Waals surface area contributed by atoms with E-state index in [2.05, 4.69) is 0 Å². The van der Waals surface area contributed by atoms with E-state index in [0.717, 1.165) is 0 Å². The molecule has 0 saturated heterocycles. The van der Waals surface area contributed by atoms with E-state index >= 15 is 0 Å². The van der Waals surface area contributed by atoms with Crippen LogP contribution in [0.2, 0.25) is 0 Å². The van der Waals surface area contributed by atoms with Crippen LogP contribution in [0.1, 0.15) is 0 Å².